The zero-order valence-electron chi connectivity index (χ0n) is 15.5. The highest BCUT2D eigenvalue weighted by Gasteiger charge is 2.24. The lowest BCUT2D eigenvalue weighted by atomic mass is 9.91. The maximum absolute atomic E-state index is 11.9. The van der Waals surface area contributed by atoms with Crippen molar-refractivity contribution in [2.45, 2.75) is 26.7 Å². The molecule has 0 heterocycles. The first-order chi connectivity index (χ1) is 11.9. The Hall–Kier alpha value is -2.39. The van der Waals surface area contributed by atoms with Gasteiger partial charge in [-0.2, -0.15) is 0 Å². The summed E-state index contributed by atoms with van der Waals surface area (Å²) in [6, 6.07) is 20.8. The van der Waals surface area contributed by atoms with Gasteiger partial charge in [0.25, 0.3) is 0 Å². The molecule has 0 amide bonds. The molecule has 2 rings (SSSR count). The second-order valence-corrected chi connectivity index (χ2v) is 7.17. The molecule has 0 N–H and O–H groups in total. The number of rotatable bonds is 6. The molecule has 0 atom stereocenters. The molecule has 3 heteroatoms. The summed E-state index contributed by atoms with van der Waals surface area (Å²) < 4.78 is 0. The van der Waals surface area contributed by atoms with Crippen molar-refractivity contribution in [3.8, 4) is 0 Å². The van der Waals surface area contributed by atoms with Gasteiger partial charge in [0, 0.05) is 13.0 Å². The topological polar surface area (TPSA) is 29.5 Å². The summed E-state index contributed by atoms with van der Waals surface area (Å²) in [7, 11) is 1.77. The van der Waals surface area contributed by atoms with E-state index in [4.69, 9.17) is 4.84 Å². The normalized spacial score (nSPS) is 12.1. The fourth-order valence-corrected chi connectivity index (χ4v) is 2.40. The molecule has 2 aromatic carbocycles. The van der Waals surface area contributed by atoms with Gasteiger partial charge in [0.2, 0.25) is 0 Å². The molecule has 0 bridgehead atoms. The molecule has 132 valence electrons. The Morgan fingerprint density at radius 2 is 1.48 bits per heavy atom. The van der Waals surface area contributed by atoms with Crippen molar-refractivity contribution in [2.75, 3.05) is 13.6 Å². The van der Waals surface area contributed by atoms with E-state index in [9.17, 15) is 4.79 Å². The Kier molecular flexibility index (Phi) is 6.54. The van der Waals surface area contributed by atoms with Crippen molar-refractivity contribution in [3.05, 3.63) is 83.9 Å². The fourth-order valence-electron chi connectivity index (χ4n) is 2.40. The van der Waals surface area contributed by atoms with Gasteiger partial charge in [-0.15, -0.1) is 5.06 Å². The molecule has 0 spiro atoms. The van der Waals surface area contributed by atoms with E-state index < -0.39 is 5.41 Å². The van der Waals surface area contributed by atoms with Crippen LogP contribution in [0.4, 0.5) is 0 Å². The summed E-state index contributed by atoms with van der Waals surface area (Å²) in [4.78, 5) is 17.3. The SMILES string of the molecule is CN(C/C=C/C(c1ccccc1)c1ccccc1)OC(=O)C(C)(C)C. The highest BCUT2D eigenvalue weighted by Crippen LogP contribution is 2.25. The molecule has 2 aromatic rings. The van der Waals surface area contributed by atoms with E-state index in [1.807, 2.05) is 39.0 Å². The van der Waals surface area contributed by atoms with Gasteiger partial charge in [-0.1, -0.05) is 72.8 Å². The lowest BCUT2D eigenvalue weighted by molar-refractivity contribution is -0.191. The molecule has 0 aliphatic rings. The molecule has 0 aliphatic carbocycles. The largest absolute Gasteiger partial charge is 0.367 e. The summed E-state index contributed by atoms with van der Waals surface area (Å²) in [5, 5.41) is 1.57. The van der Waals surface area contributed by atoms with Crippen LogP contribution in [0.25, 0.3) is 0 Å². The van der Waals surface area contributed by atoms with E-state index in [0.717, 1.165) is 0 Å². The molecule has 0 saturated heterocycles. The molecule has 0 aliphatic heterocycles. The Balaban J connectivity index is 2.07. The van der Waals surface area contributed by atoms with Crippen molar-refractivity contribution < 1.29 is 9.63 Å². The summed E-state index contributed by atoms with van der Waals surface area (Å²) in [5.41, 5.74) is 1.97. The third kappa shape index (κ3) is 5.87. The van der Waals surface area contributed by atoms with Gasteiger partial charge in [0.1, 0.15) is 0 Å². The maximum Gasteiger partial charge on any atom is 0.330 e. The average molecular weight is 337 g/mol. The Morgan fingerprint density at radius 1 is 1.00 bits per heavy atom. The van der Waals surface area contributed by atoms with Crippen molar-refractivity contribution in [2.24, 2.45) is 5.41 Å². The van der Waals surface area contributed by atoms with E-state index in [0.29, 0.717) is 6.54 Å². The van der Waals surface area contributed by atoms with E-state index in [2.05, 4.69) is 54.6 Å². The Bertz CT molecular complexity index is 647. The van der Waals surface area contributed by atoms with Gasteiger partial charge in [-0.05, 0) is 31.9 Å². The van der Waals surface area contributed by atoms with Gasteiger partial charge < -0.3 is 4.84 Å². The minimum Gasteiger partial charge on any atom is -0.367 e. The van der Waals surface area contributed by atoms with Crippen LogP contribution in [0.3, 0.4) is 0 Å². The van der Waals surface area contributed by atoms with Gasteiger partial charge in [-0.3, -0.25) is 0 Å². The first-order valence-electron chi connectivity index (χ1n) is 8.58. The van der Waals surface area contributed by atoms with Crippen LogP contribution in [-0.4, -0.2) is 24.6 Å². The zero-order chi connectivity index (χ0) is 18.3. The number of allylic oxidation sites excluding steroid dienone is 1. The average Bonchev–Trinajstić information content (AvgIpc) is 2.59. The van der Waals surface area contributed by atoms with Crippen LogP contribution >= 0.6 is 0 Å². The van der Waals surface area contributed by atoms with Gasteiger partial charge in [0.15, 0.2) is 0 Å². The summed E-state index contributed by atoms with van der Waals surface area (Å²) in [6.45, 7) is 6.08. The molecule has 0 saturated carbocycles. The monoisotopic (exact) mass is 337 g/mol. The lowest BCUT2D eigenvalue weighted by Gasteiger charge is -2.21. The quantitative estimate of drug-likeness (QED) is 0.559. The summed E-state index contributed by atoms with van der Waals surface area (Å²) in [5.74, 6) is -0.0554. The standard InChI is InChI=1S/C22H27NO2/c1-22(2,3)21(24)25-23(4)17-11-16-20(18-12-7-5-8-13-18)19-14-9-6-10-15-19/h5-16,20H,17H2,1-4H3/b16-11+. The van der Waals surface area contributed by atoms with Crippen molar-refractivity contribution in [1.82, 2.24) is 5.06 Å². The number of hydroxylamine groups is 2. The molecule has 0 unspecified atom stereocenters. The van der Waals surface area contributed by atoms with Crippen LogP contribution in [0.5, 0.6) is 0 Å². The minimum absolute atomic E-state index is 0.175. The van der Waals surface area contributed by atoms with Gasteiger partial charge in [0.05, 0.1) is 12.0 Å². The van der Waals surface area contributed by atoms with Crippen LogP contribution in [0.1, 0.15) is 37.8 Å². The molecule has 25 heavy (non-hydrogen) atoms. The van der Waals surface area contributed by atoms with Crippen molar-refractivity contribution in [3.63, 3.8) is 0 Å². The van der Waals surface area contributed by atoms with Crippen LogP contribution in [0.2, 0.25) is 0 Å². The number of likely N-dealkylation sites (N-methyl/N-ethyl adjacent to an activating group) is 1. The molecule has 0 aromatic heterocycles. The van der Waals surface area contributed by atoms with Crippen LogP contribution in [0, 0.1) is 5.41 Å². The minimum atomic E-state index is -0.505. The number of hydrogen-bond donors (Lipinski definition) is 0. The summed E-state index contributed by atoms with van der Waals surface area (Å²) >= 11 is 0. The smallest absolute Gasteiger partial charge is 0.330 e. The maximum atomic E-state index is 11.9. The first-order valence-corrected chi connectivity index (χ1v) is 8.58. The third-order valence-electron chi connectivity index (χ3n) is 3.86. The van der Waals surface area contributed by atoms with Gasteiger partial charge in [-0.25, -0.2) is 4.79 Å². The Labute approximate surface area is 150 Å². The lowest BCUT2D eigenvalue weighted by Crippen LogP contribution is -2.31. The molecular weight excluding hydrogens is 310 g/mol. The van der Waals surface area contributed by atoms with Crippen LogP contribution < -0.4 is 0 Å². The second kappa shape index (κ2) is 8.63. The van der Waals surface area contributed by atoms with E-state index >= 15 is 0 Å². The first kappa shape index (κ1) is 18.9. The number of carbonyl (C=O) groups is 1. The number of hydrogen-bond acceptors (Lipinski definition) is 3. The Morgan fingerprint density at radius 3 is 1.92 bits per heavy atom. The van der Waals surface area contributed by atoms with Crippen LogP contribution in [-0.2, 0) is 9.63 Å². The molecule has 3 nitrogen and oxygen atoms in total. The van der Waals surface area contributed by atoms with E-state index in [-0.39, 0.29) is 11.9 Å². The highest BCUT2D eigenvalue weighted by molar-refractivity contribution is 5.75. The van der Waals surface area contributed by atoms with Crippen molar-refractivity contribution >= 4 is 5.97 Å². The third-order valence-corrected chi connectivity index (χ3v) is 3.86. The molecular formula is C22H27NO2. The van der Waals surface area contributed by atoms with Crippen molar-refractivity contribution in [1.29, 1.82) is 0 Å². The zero-order valence-corrected chi connectivity index (χ0v) is 15.5. The molecule has 0 fully saturated rings. The van der Waals surface area contributed by atoms with E-state index in [1.165, 1.54) is 11.1 Å². The fraction of sp³-hybridized carbons (Fsp3) is 0.318. The predicted octanol–water partition coefficient (Wildman–Crippen LogP) is 4.81. The van der Waals surface area contributed by atoms with E-state index in [1.54, 1.807) is 12.1 Å². The number of nitrogens with zero attached hydrogens (tertiary/aromatic N) is 1. The number of carbonyl (C=O) groups excluding carboxylic acids is 1. The number of benzene rings is 2. The molecule has 0 radical (unpaired) electrons. The predicted molar refractivity (Wildman–Crippen MR) is 102 cm³/mol. The van der Waals surface area contributed by atoms with Gasteiger partial charge >= 0.3 is 5.97 Å². The second-order valence-electron chi connectivity index (χ2n) is 7.17. The summed E-state index contributed by atoms with van der Waals surface area (Å²) in [6.07, 6.45) is 4.20. The van der Waals surface area contributed by atoms with Crippen LogP contribution in [0.15, 0.2) is 72.8 Å². The highest BCUT2D eigenvalue weighted by atomic mass is 16.7.